The number of hydrogen-bond donors (Lipinski definition) is 2. The molecule has 6 heteroatoms. The Labute approximate surface area is 150 Å². The van der Waals surface area contributed by atoms with Gasteiger partial charge in [-0.1, -0.05) is 18.2 Å². The number of guanidine groups is 1. The average Bonchev–Trinajstić information content (AvgIpc) is 2.63. The topological polar surface area (TPSA) is 66.0 Å². The van der Waals surface area contributed by atoms with Crippen molar-refractivity contribution >= 4 is 17.6 Å². The molecule has 0 fully saturated rings. The van der Waals surface area contributed by atoms with E-state index in [-0.39, 0.29) is 18.1 Å². The molecule has 0 spiro atoms. The summed E-state index contributed by atoms with van der Waals surface area (Å²) < 4.78 is 5.41. The Balaban J connectivity index is 2.01. The largest absolute Gasteiger partial charge is 0.377 e. The first-order valence-electron chi connectivity index (χ1n) is 8.92. The second kappa shape index (κ2) is 8.85. The lowest BCUT2D eigenvalue weighted by Crippen LogP contribution is -2.46. The molecule has 2 N–H and O–H groups in total. The number of aryl methyl sites for hydroxylation is 1. The Kier molecular flexibility index (Phi) is 6.82. The van der Waals surface area contributed by atoms with Gasteiger partial charge >= 0.3 is 0 Å². The fraction of sp³-hybridized carbons (Fsp3) is 0.579. The van der Waals surface area contributed by atoms with E-state index in [4.69, 9.17) is 4.74 Å². The minimum atomic E-state index is -0.300. The van der Waals surface area contributed by atoms with Crippen LogP contribution in [0.4, 0.5) is 5.69 Å². The van der Waals surface area contributed by atoms with Crippen molar-refractivity contribution in [1.82, 2.24) is 10.6 Å². The molecule has 1 aromatic carbocycles. The van der Waals surface area contributed by atoms with Crippen LogP contribution in [0.2, 0.25) is 0 Å². The third kappa shape index (κ3) is 5.46. The molecule has 1 aliphatic rings. The van der Waals surface area contributed by atoms with E-state index in [0.717, 1.165) is 31.6 Å². The molecule has 0 atom stereocenters. The molecule has 0 aromatic heterocycles. The molecule has 1 heterocycles. The number of fused-ring (bicyclic) bond motifs is 1. The zero-order chi connectivity index (χ0) is 18.3. The van der Waals surface area contributed by atoms with Gasteiger partial charge in [0.1, 0.15) is 6.54 Å². The van der Waals surface area contributed by atoms with Gasteiger partial charge in [0.25, 0.3) is 0 Å². The van der Waals surface area contributed by atoms with Crippen LogP contribution in [0.25, 0.3) is 0 Å². The number of carbonyl (C=O) groups excluding carboxylic acids is 1. The van der Waals surface area contributed by atoms with Crippen molar-refractivity contribution in [2.24, 2.45) is 4.99 Å². The average molecular weight is 346 g/mol. The molecule has 1 aromatic rings. The fourth-order valence-electron chi connectivity index (χ4n) is 2.74. The van der Waals surface area contributed by atoms with Crippen molar-refractivity contribution in [3.8, 4) is 0 Å². The van der Waals surface area contributed by atoms with Crippen molar-refractivity contribution in [2.75, 3.05) is 38.2 Å². The van der Waals surface area contributed by atoms with Gasteiger partial charge in [0.15, 0.2) is 5.96 Å². The SMILES string of the molecule is CCNC(=NCC(=O)N1CCCc2ccccc21)NCC(C)(C)OC. The molecule has 138 valence electrons. The monoisotopic (exact) mass is 346 g/mol. The molecule has 6 nitrogen and oxygen atoms in total. The van der Waals surface area contributed by atoms with Crippen molar-refractivity contribution in [2.45, 2.75) is 39.2 Å². The van der Waals surface area contributed by atoms with Crippen LogP contribution in [0.1, 0.15) is 32.8 Å². The summed E-state index contributed by atoms with van der Waals surface area (Å²) in [4.78, 5) is 19.0. The number of benzene rings is 1. The number of nitrogens with one attached hydrogen (secondary N) is 2. The molecule has 0 radical (unpaired) electrons. The van der Waals surface area contributed by atoms with Gasteiger partial charge in [-0.3, -0.25) is 4.79 Å². The van der Waals surface area contributed by atoms with Gasteiger partial charge in [0.2, 0.25) is 5.91 Å². The molecule has 1 aliphatic heterocycles. The molecule has 1 amide bonds. The number of ether oxygens (including phenoxy) is 1. The van der Waals surface area contributed by atoms with E-state index in [9.17, 15) is 4.79 Å². The summed E-state index contributed by atoms with van der Waals surface area (Å²) in [5.74, 6) is 0.654. The summed E-state index contributed by atoms with van der Waals surface area (Å²) in [6.07, 6.45) is 2.02. The van der Waals surface area contributed by atoms with Gasteiger partial charge in [-0.15, -0.1) is 0 Å². The predicted octanol–water partition coefficient (Wildman–Crippen LogP) is 1.95. The minimum absolute atomic E-state index is 0.0235. The second-order valence-electron chi connectivity index (χ2n) is 6.79. The third-order valence-corrected chi connectivity index (χ3v) is 4.36. The van der Waals surface area contributed by atoms with Crippen molar-refractivity contribution in [3.05, 3.63) is 29.8 Å². The van der Waals surface area contributed by atoms with E-state index in [2.05, 4.69) is 21.7 Å². The normalized spacial score (nSPS) is 14.9. The summed E-state index contributed by atoms with van der Waals surface area (Å²) in [5.41, 5.74) is 1.96. The van der Waals surface area contributed by atoms with E-state index < -0.39 is 0 Å². The molecule has 2 rings (SSSR count). The van der Waals surface area contributed by atoms with Gasteiger partial charge < -0.3 is 20.3 Å². The minimum Gasteiger partial charge on any atom is -0.377 e. The number of amides is 1. The van der Waals surface area contributed by atoms with E-state index in [1.807, 2.05) is 43.9 Å². The Hall–Kier alpha value is -2.08. The van der Waals surface area contributed by atoms with Crippen LogP contribution in [0.15, 0.2) is 29.3 Å². The molecule has 0 aliphatic carbocycles. The maximum Gasteiger partial charge on any atom is 0.248 e. The number of carbonyl (C=O) groups is 1. The predicted molar refractivity (Wildman–Crippen MR) is 102 cm³/mol. The first-order chi connectivity index (χ1) is 12.0. The Morgan fingerprint density at radius 2 is 2.08 bits per heavy atom. The van der Waals surface area contributed by atoms with Crippen molar-refractivity contribution < 1.29 is 9.53 Å². The Morgan fingerprint density at radius 1 is 1.32 bits per heavy atom. The maximum atomic E-state index is 12.7. The highest BCUT2D eigenvalue weighted by molar-refractivity contribution is 5.97. The molecule has 0 saturated heterocycles. The number of rotatable bonds is 6. The van der Waals surface area contributed by atoms with Gasteiger partial charge in [0, 0.05) is 32.4 Å². The van der Waals surface area contributed by atoms with Gasteiger partial charge in [-0.2, -0.15) is 0 Å². The van der Waals surface area contributed by atoms with Crippen LogP contribution in [0.3, 0.4) is 0 Å². The first-order valence-corrected chi connectivity index (χ1v) is 8.92. The summed E-state index contributed by atoms with van der Waals surface area (Å²) in [7, 11) is 1.68. The number of nitrogens with zero attached hydrogens (tertiary/aromatic N) is 2. The lowest BCUT2D eigenvalue weighted by Gasteiger charge is -2.29. The van der Waals surface area contributed by atoms with Crippen molar-refractivity contribution in [1.29, 1.82) is 0 Å². The van der Waals surface area contributed by atoms with Crippen LogP contribution in [0.5, 0.6) is 0 Å². The summed E-state index contributed by atoms with van der Waals surface area (Å²) >= 11 is 0. The third-order valence-electron chi connectivity index (χ3n) is 4.36. The molecular formula is C19H30N4O2. The first kappa shape index (κ1) is 19.2. The Morgan fingerprint density at radius 3 is 2.80 bits per heavy atom. The van der Waals surface area contributed by atoms with E-state index in [1.54, 1.807) is 7.11 Å². The summed E-state index contributed by atoms with van der Waals surface area (Å²) in [6.45, 7) is 8.22. The Bertz CT molecular complexity index is 613. The van der Waals surface area contributed by atoms with E-state index in [0.29, 0.717) is 12.5 Å². The fourth-order valence-corrected chi connectivity index (χ4v) is 2.74. The lowest BCUT2D eigenvalue weighted by atomic mass is 10.0. The van der Waals surface area contributed by atoms with E-state index >= 15 is 0 Å². The van der Waals surface area contributed by atoms with Crippen molar-refractivity contribution in [3.63, 3.8) is 0 Å². The molecule has 0 saturated carbocycles. The zero-order valence-corrected chi connectivity index (χ0v) is 15.8. The zero-order valence-electron chi connectivity index (χ0n) is 15.8. The van der Waals surface area contributed by atoms with Crippen LogP contribution < -0.4 is 15.5 Å². The second-order valence-corrected chi connectivity index (χ2v) is 6.79. The van der Waals surface area contributed by atoms with Gasteiger partial charge in [-0.05, 0) is 45.2 Å². The van der Waals surface area contributed by atoms with E-state index in [1.165, 1.54) is 5.56 Å². The van der Waals surface area contributed by atoms with Crippen LogP contribution in [-0.4, -0.2) is 50.8 Å². The highest BCUT2D eigenvalue weighted by Gasteiger charge is 2.22. The number of anilines is 1. The maximum absolute atomic E-state index is 12.7. The van der Waals surface area contributed by atoms with Crippen LogP contribution in [0, 0.1) is 0 Å². The molecule has 25 heavy (non-hydrogen) atoms. The smallest absolute Gasteiger partial charge is 0.248 e. The highest BCUT2D eigenvalue weighted by atomic mass is 16.5. The molecule has 0 unspecified atom stereocenters. The number of hydrogen-bond acceptors (Lipinski definition) is 3. The highest BCUT2D eigenvalue weighted by Crippen LogP contribution is 2.26. The quantitative estimate of drug-likeness (QED) is 0.610. The summed E-state index contributed by atoms with van der Waals surface area (Å²) in [5, 5.41) is 6.40. The summed E-state index contributed by atoms with van der Waals surface area (Å²) in [6, 6.07) is 8.11. The number of para-hydroxylation sites is 1. The number of aliphatic imine (C=N–C) groups is 1. The lowest BCUT2D eigenvalue weighted by molar-refractivity contribution is -0.117. The van der Waals surface area contributed by atoms with Gasteiger partial charge in [-0.25, -0.2) is 4.99 Å². The van der Waals surface area contributed by atoms with Crippen LogP contribution in [-0.2, 0) is 16.0 Å². The van der Waals surface area contributed by atoms with Crippen LogP contribution >= 0.6 is 0 Å². The number of methoxy groups -OCH3 is 1. The molecular weight excluding hydrogens is 316 g/mol. The molecule has 0 bridgehead atoms. The standard InChI is InChI=1S/C19H30N4O2/c1-5-20-18(22-14-19(2,3)25-4)21-13-17(24)23-12-8-10-15-9-6-7-11-16(15)23/h6-7,9,11H,5,8,10,12-14H2,1-4H3,(H2,20,21,22). The van der Waals surface area contributed by atoms with Gasteiger partial charge in [0.05, 0.1) is 5.60 Å².